The maximum absolute atomic E-state index is 5.63. The first-order valence-electron chi connectivity index (χ1n) is 4.51. The summed E-state index contributed by atoms with van der Waals surface area (Å²) in [6.07, 6.45) is 0. The molecule has 0 unspecified atom stereocenters. The Hall–Kier alpha value is -1.36. The van der Waals surface area contributed by atoms with Crippen molar-refractivity contribution in [2.24, 2.45) is 7.05 Å². The van der Waals surface area contributed by atoms with Gasteiger partial charge in [-0.1, -0.05) is 22.0 Å². The Labute approximate surface area is 96.3 Å². The van der Waals surface area contributed by atoms with Crippen molar-refractivity contribution in [3.8, 4) is 11.4 Å². The number of halogens is 1. The zero-order valence-corrected chi connectivity index (χ0v) is 10.1. The van der Waals surface area contributed by atoms with Gasteiger partial charge in [0.2, 0.25) is 5.95 Å². The molecule has 2 N–H and O–H groups in total. The van der Waals surface area contributed by atoms with Gasteiger partial charge in [-0.3, -0.25) is 0 Å². The van der Waals surface area contributed by atoms with Crippen LogP contribution in [0.2, 0.25) is 0 Å². The molecule has 0 amide bonds. The minimum atomic E-state index is 0.414. The number of nitrogens with two attached hydrogens (primary N) is 1. The summed E-state index contributed by atoms with van der Waals surface area (Å²) < 4.78 is 2.54. The van der Waals surface area contributed by atoms with Crippen molar-refractivity contribution < 1.29 is 0 Å². The van der Waals surface area contributed by atoms with Gasteiger partial charge in [0.25, 0.3) is 0 Å². The number of benzene rings is 1. The van der Waals surface area contributed by atoms with E-state index in [1.54, 1.807) is 11.7 Å². The molecule has 0 bridgehead atoms. The lowest BCUT2D eigenvalue weighted by Gasteiger charge is -2.00. The predicted octanol–water partition coefficient (Wildman–Crippen LogP) is 2.14. The van der Waals surface area contributed by atoms with E-state index in [1.165, 1.54) is 5.56 Å². The maximum atomic E-state index is 5.63. The van der Waals surface area contributed by atoms with Crippen LogP contribution < -0.4 is 5.73 Å². The maximum Gasteiger partial charge on any atom is 0.218 e. The lowest BCUT2D eigenvalue weighted by Crippen LogP contribution is -1.97. The van der Waals surface area contributed by atoms with Crippen LogP contribution in [0, 0.1) is 6.92 Å². The predicted molar refractivity (Wildman–Crippen MR) is 63.3 cm³/mol. The van der Waals surface area contributed by atoms with Gasteiger partial charge in [0.15, 0.2) is 5.82 Å². The third-order valence-corrected chi connectivity index (χ3v) is 2.82. The van der Waals surface area contributed by atoms with Crippen LogP contribution in [-0.2, 0) is 7.05 Å². The molecule has 0 spiro atoms. The first-order valence-corrected chi connectivity index (χ1v) is 5.30. The van der Waals surface area contributed by atoms with Crippen LogP contribution in [0.25, 0.3) is 11.4 Å². The second-order valence-corrected chi connectivity index (χ2v) is 4.25. The van der Waals surface area contributed by atoms with Crippen molar-refractivity contribution in [2.45, 2.75) is 6.92 Å². The van der Waals surface area contributed by atoms with Crippen LogP contribution in [0.5, 0.6) is 0 Å². The molecule has 1 aromatic carbocycles. The molecular formula is C10H11BrN4. The Balaban J connectivity index is 2.54. The Morgan fingerprint density at radius 3 is 2.67 bits per heavy atom. The summed E-state index contributed by atoms with van der Waals surface area (Å²) in [6, 6.07) is 6.03. The molecule has 1 aromatic heterocycles. The summed E-state index contributed by atoms with van der Waals surface area (Å²) in [5.41, 5.74) is 7.77. The van der Waals surface area contributed by atoms with Gasteiger partial charge in [-0.2, -0.15) is 4.98 Å². The van der Waals surface area contributed by atoms with Gasteiger partial charge in [-0.25, -0.2) is 4.68 Å². The molecule has 0 fully saturated rings. The molecule has 0 aliphatic carbocycles. The SMILES string of the molecule is Cc1ccc(-c2nc(N)n(C)n2)c(Br)c1. The highest BCUT2D eigenvalue weighted by Gasteiger charge is 2.09. The smallest absolute Gasteiger partial charge is 0.218 e. The van der Waals surface area contributed by atoms with Crippen molar-refractivity contribution in [3.05, 3.63) is 28.2 Å². The molecule has 0 saturated heterocycles. The van der Waals surface area contributed by atoms with Gasteiger partial charge in [0.1, 0.15) is 0 Å². The van der Waals surface area contributed by atoms with Gasteiger partial charge < -0.3 is 5.73 Å². The first kappa shape index (κ1) is 10.2. The first-order chi connectivity index (χ1) is 7.08. The lowest BCUT2D eigenvalue weighted by atomic mass is 10.1. The van der Waals surface area contributed by atoms with E-state index in [-0.39, 0.29) is 0 Å². The molecule has 0 aliphatic rings. The fourth-order valence-electron chi connectivity index (χ4n) is 1.31. The summed E-state index contributed by atoms with van der Waals surface area (Å²) in [6.45, 7) is 2.04. The largest absolute Gasteiger partial charge is 0.368 e. The van der Waals surface area contributed by atoms with E-state index in [4.69, 9.17) is 5.73 Å². The number of nitrogens with zero attached hydrogens (tertiary/aromatic N) is 3. The van der Waals surface area contributed by atoms with E-state index in [1.807, 2.05) is 25.1 Å². The van der Waals surface area contributed by atoms with E-state index in [0.29, 0.717) is 11.8 Å². The molecule has 2 rings (SSSR count). The quantitative estimate of drug-likeness (QED) is 0.861. The van der Waals surface area contributed by atoms with Crippen molar-refractivity contribution in [1.29, 1.82) is 0 Å². The number of nitrogen functional groups attached to an aromatic ring is 1. The molecule has 15 heavy (non-hydrogen) atoms. The highest BCUT2D eigenvalue weighted by molar-refractivity contribution is 9.10. The van der Waals surface area contributed by atoms with Crippen molar-refractivity contribution in [1.82, 2.24) is 14.8 Å². The Morgan fingerprint density at radius 1 is 1.40 bits per heavy atom. The van der Waals surface area contributed by atoms with Crippen molar-refractivity contribution in [2.75, 3.05) is 5.73 Å². The number of aromatic nitrogens is 3. The summed E-state index contributed by atoms with van der Waals surface area (Å²) in [7, 11) is 1.77. The second kappa shape index (κ2) is 3.66. The number of rotatable bonds is 1. The van der Waals surface area contributed by atoms with Gasteiger partial charge in [0.05, 0.1) is 0 Å². The molecule has 5 heteroatoms. The van der Waals surface area contributed by atoms with E-state index < -0.39 is 0 Å². The van der Waals surface area contributed by atoms with Crippen molar-refractivity contribution in [3.63, 3.8) is 0 Å². The monoisotopic (exact) mass is 266 g/mol. The van der Waals surface area contributed by atoms with Crippen LogP contribution in [-0.4, -0.2) is 14.8 Å². The van der Waals surface area contributed by atoms with Crippen LogP contribution in [0.3, 0.4) is 0 Å². The van der Waals surface area contributed by atoms with Crippen LogP contribution in [0.15, 0.2) is 22.7 Å². The highest BCUT2D eigenvalue weighted by Crippen LogP contribution is 2.26. The zero-order valence-electron chi connectivity index (χ0n) is 8.53. The zero-order chi connectivity index (χ0) is 11.0. The highest BCUT2D eigenvalue weighted by atomic mass is 79.9. The Bertz CT molecular complexity index is 485. The average molecular weight is 267 g/mol. The molecule has 0 saturated carbocycles. The molecular weight excluding hydrogens is 256 g/mol. The fourth-order valence-corrected chi connectivity index (χ4v) is 1.98. The Kier molecular flexibility index (Phi) is 2.48. The third-order valence-electron chi connectivity index (χ3n) is 2.16. The van der Waals surface area contributed by atoms with E-state index in [2.05, 4.69) is 26.0 Å². The van der Waals surface area contributed by atoms with Crippen molar-refractivity contribution >= 4 is 21.9 Å². The lowest BCUT2D eigenvalue weighted by molar-refractivity contribution is 0.781. The summed E-state index contributed by atoms with van der Waals surface area (Å²) in [5, 5.41) is 4.22. The third kappa shape index (κ3) is 1.87. The summed E-state index contributed by atoms with van der Waals surface area (Å²) in [4.78, 5) is 4.17. The molecule has 0 atom stereocenters. The number of hydrogen-bond acceptors (Lipinski definition) is 3. The standard InChI is InChI=1S/C10H11BrN4/c1-6-3-4-7(8(11)5-6)9-13-10(12)15(2)14-9/h3-5H,1-2H3,(H2,12,13,14). The fraction of sp³-hybridized carbons (Fsp3) is 0.200. The van der Waals surface area contributed by atoms with E-state index in [0.717, 1.165) is 10.0 Å². The topological polar surface area (TPSA) is 56.7 Å². The average Bonchev–Trinajstić information content (AvgIpc) is 2.46. The van der Waals surface area contributed by atoms with Gasteiger partial charge in [0, 0.05) is 17.1 Å². The molecule has 1 heterocycles. The molecule has 4 nitrogen and oxygen atoms in total. The summed E-state index contributed by atoms with van der Waals surface area (Å²) >= 11 is 3.49. The minimum Gasteiger partial charge on any atom is -0.368 e. The minimum absolute atomic E-state index is 0.414. The molecule has 78 valence electrons. The molecule has 2 aromatic rings. The second-order valence-electron chi connectivity index (χ2n) is 3.40. The summed E-state index contributed by atoms with van der Waals surface area (Å²) in [5.74, 6) is 1.05. The molecule has 0 radical (unpaired) electrons. The van der Waals surface area contributed by atoms with Gasteiger partial charge in [-0.05, 0) is 24.6 Å². The van der Waals surface area contributed by atoms with Crippen LogP contribution >= 0.6 is 15.9 Å². The van der Waals surface area contributed by atoms with E-state index >= 15 is 0 Å². The molecule has 0 aliphatic heterocycles. The number of aryl methyl sites for hydroxylation is 2. The van der Waals surface area contributed by atoms with E-state index in [9.17, 15) is 0 Å². The number of hydrogen-bond donors (Lipinski definition) is 1. The van der Waals surface area contributed by atoms with Crippen LogP contribution in [0.4, 0.5) is 5.95 Å². The normalized spacial score (nSPS) is 10.6. The number of anilines is 1. The van der Waals surface area contributed by atoms with Gasteiger partial charge >= 0.3 is 0 Å². The Morgan fingerprint density at radius 2 is 2.13 bits per heavy atom. The van der Waals surface area contributed by atoms with Gasteiger partial charge in [-0.15, -0.1) is 5.10 Å². The van der Waals surface area contributed by atoms with Crippen LogP contribution in [0.1, 0.15) is 5.56 Å².